The Bertz CT molecular complexity index is 1200. The van der Waals surface area contributed by atoms with Crippen molar-refractivity contribution in [2.45, 2.75) is 30.7 Å². The zero-order valence-electron chi connectivity index (χ0n) is 17.1. The molecule has 3 aromatic rings. The summed E-state index contributed by atoms with van der Waals surface area (Å²) in [5.74, 6) is -0.174. The van der Waals surface area contributed by atoms with Crippen LogP contribution >= 0.6 is 0 Å². The molecule has 5 atom stereocenters. The number of aromatic hydroxyl groups is 1. The fraction of sp³-hybridized carbons (Fsp3) is 0.381. The first kappa shape index (κ1) is 22.1. The Labute approximate surface area is 180 Å². The van der Waals surface area contributed by atoms with Crippen LogP contribution in [-0.4, -0.2) is 77.1 Å². The summed E-state index contributed by atoms with van der Waals surface area (Å²) >= 11 is 0. The first-order valence-corrected chi connectivity index (χ1v) is 9.62. The highest BCUT2D eigenvalue weighted by Crippen LogP contribution is 2.40. The lowest BCUT2D eigenvalue weighted by Crippen LogP contribution is -2.60. The molecular formula is C21H22O11. The lowest BCUT2D eigenvalue weighted by atomic mass is 9.99. The number of fused-ring (bicyclic) bond motifs is 2. The molecule has 0 saturated carbocycles. The second-order valence-electron chi connectivity index (χ2n) is 7.24. The van der Waals surface area contributed by atoms with Crippen LogP contribution in [-0.2, 0) is 4.74 Å². The summed E-state index contributed by atoms with van der Waals surface area (Å²) in [6.07, 6.45) is -7.32. The first-order chi connectivity index (χ1) is 15.3. The predicted octanol–water partition coefficient (Wildman–Crippen LogP) is -0.152. The van der Waals surface area contributed by atoms with Crippen molar-refractivity contribution in [2.24, 2.45) is 0 Å². The topological polar surface area (TPSA) is 168 Å². The van der Waals surface area contributed by atoms with Crippen molar-refractivity contribution in [3.63, 3.8) is 0 Å². The fourth-order valence-corrected chi connectivity index (χ4v) is 3.67. The van der Waals surface area contributed by atoms with Crippen LogP contribution in [0.1, 0.15) is 0 Å². The minimum Gasteiger partial charge on any atom is -0.504 e. The Morgan fingerprint density at radius 1 is 1.03 bits per heavy atom. The summed E-state index contributed by atoms with van der Waals surface area (Å²) in [4.78, 5) is 13.2. The van der Waals surface area contributed by atoms with Crippen molar-refractivity contribution in [1.29, 1.82) is 0 Å². The van der Waals surface area contributed by atoms with Gasteiger partial charge in [0.15, 0.2) is 22.8 Å². The molecule has 172 valence electrons. The van der Waals surface area contributed by atoms with E-state index in [9.17, 15) is 30.3 Å². The van der Waals surface area contributed by atoms with Crippen LogP contribution < -0.4 is 19.6 Å². The Balaban J connectivity index is 1.80. The number of hydrogen-bond acceptors (Lipinski definition) is 11. The second-order valence-corrected chi connectivity index (χ2v) is 7.24. The van der Waals surface area contributed by atoms with E-state index < -0.39 is 42.7 Å². The van der Waals surface area contributed by atoms with E-state index in [1.807, 2.05) is 0 Å². The minimum atomic E-state index is -1.61. The molecule has 5 unspecified atom stereocenters. The molecule has 1 fully saturated rings. The van der Waals surface area contributed by atoms with Gasteiger partial charge in [0.2, 0.25) is 11.7 Å². The summed E-state index contributed by atoms with van der Waals surface area (Å²) < 4.78 is 27.1. The maximum absolute atomic E-state index is 13.2. The molecule has 0 bridgehead atoms. The van der Waals surface area contributed by atoms with Crippen molar-refractivity contribution in [3.8, 4) is 23.0 Å². The first-order valence-electron chi connectivity index (χ1n) is 9.62. The molecule has 5 N–H and O–H groups in total. The van der Waals surface area contributed by atoms with Crippen LogP contribution in [0.3, 0.4) is 0 Å². The van der Waals surface area contributed by atoms with Gasteiger partial charge in [0.05, 0.1) is 26.2 Å². The number of phenolic OH excluding ortho intramolecular Hbond substituents is 1. The van der Waals surface area contributed by atoms with Crippen LogP contribution in [0.15, 0.2) is 33.5 Å². The third-order valence-electron chi connectivity index (χ3n) is 5.34. The molecule has 0 amide bonds. The van der Waals surface area contributed by atoms with Crippen molar-refractivity contribution in [2.75, 3.05) is 20.8 Å². The molecule has 0 radical (unpaired) electrons. The van der Waals surface area contributed by atoms with E-state index >= 15 is 0 Å². The van der Waals surface area contributed by atoms with Crippen LogP contribution in [0, 0.1) is 0 Å². The summed E-state index contributed by atoms with van der Waals surface area (Å²) in [5.41, 5.74) is -0.261. The average Bonchev–Trinajstić information content (AvgIpc) is 2.79. The van der Waals surface area contributed by atoms with Crippen molar-refractivity contribution in [3.05, 3.63) is 34.5 Å². The number of ether oxygens (including phenoxy) is 4. The summed E-state index contributed by atoms with van der Waals surface area (Å²) in [7, 11) is 2.66. The van der Waals surface area contributed by atoms with Crippen LogP contribution in [0.4, 0.5) is 0 Å². The molecule has 1 aliphatic rings. The van der Waals surface area contributed by atoms with Crippen molar-refractivity contribution >= 4 is 21.9 Å². The van der Waals surface area contributed by atoms with E-state index in [1.165, 1.54) is 38.5 Å². The average molecular weight is 450 g/mol. The zero-order valence-corrected chi connectivity index (χ0v) is 17.1. The fourth-order valence-electron chi connectivity index (χ4n) is 3.67. The zero-order chi connectivity index (χ0) is 23.2. The Kier molecular flexibility index (Phi) is 5.84. The Morgan fingerprint density at radius 2 is 1.78 bits per heavy atom. The number of hydrogen-bond donors (Lipinski definition) is 5. The quantitative estimate of drug-likeness (QED) is 0.328. The van der Waals surface area contributed by atoms with Gasteiger partial charge in [-0.05, 0) is 18.2 Å². The van der Waals surface area contributed by atoms with Gasteiger partial charge in [0.25, 0.3) is 0 Å². The normalized spacial score (nSPS) is 25.8. The number of benzene rings is 2. The van der Waals surface area contributed by atoms with Crippen molar-refractivity contribution < 1.29 is 48.9 Å². The smallest absolute Gasteiger partial charge is 0.229 e. The highest BCUT2D eigenvalue weighted by Gasteiger charge is 2.44. The van der Waals surface area contributed by atoms with Gasteiger partial charge >= 0.3 is 0 Å². The third kappa shape index (κ3) is 3.49. The lowest BCUT2D eigenvalue weighted by Gasteiger charge is -2.39. The number of methoxy groups -OCH3 is 2. The van der Waals surface area contributed by atoms with E-state index in [0.29, 0.717) is 0 Å². The minimum absolute atomic E-state index is 0.0400. The molecule has 1 aliphatic heterocycles. The standard InChI is InChI=1S/C21H22O11/c1-28-12-6-10(23)19(29-2)14-15(24)9-5-8(3-4-11(9)31-20(12)14)30-21-18(27)17(26)16(25)13(7-22)32-21/h3-6,13,16-18,21-23,25-27H,7H2,1-2H3. The van der Waals surface area contributed by atoms with E-state index in [0.717, 1.165) is 0 Å². The second kappa shape index (κ2) is 8.45. The van der Waals surface area contributed by atoms with Gasteiger partial charge in [-0.15, -0.1) is 0 Å². The monoisotopic (exact) mass is 450 g/mol. The highest BCUT2D eigenvalue weighted by molar-refractivity contribution is 5.98. The SMILES string of the molecule is COc1cc(O)c(OC)c2c(=O)c3cc(OC4OC(CO)C(O)C(O)C4O)ccc3oc12. The van der Waals surface area contributed by atoms with Crippen LogP contribution in [0.5, 0.6) is 23.0 Å². The molecular weight excluding hydrogens is 428 g/mol. The lowest BCUT2D eigenvalue weighted by molar-refractivity contribution is -0.277. The van der Waals surface area contributed by atoms with E-state index in [4.69, 9.17) is 23.4 Å². The Morgan fingerprint density at radius 3 is 2.44 bits per heavy atom. The van der Waals surface area contributed by atoms with Crippen LogP contribution in [0.25, 0.3) is 21.9 Å². The number of aliphatic hydroxyl groups excluding tert-OH is 4. The molecule has 4 rings (SSSR count). The maximum Gasteiger partial charge on any atom is 0.229 e. The van der Waals surface area contributed by atoms with Gasteiger partial charge < -0.3 is 48.9 Å². The molecule has 1 aromatic heterocycles. The van der Waals surface area contributed by atoms with Gasteiger partial charge in [-0.3, -0.25) is 4.79 Å². The van der Waals surface area contributed by atoms with Gasteiger partial charge in [-0.2, -0.15) is 0 Å². The van der Waals surface area contributed by atoms with Gasteiger partial charge in [-0.1, -0.05) is 0 Å². The molecule has 2 heterocycles. The molecule has 11 nitrogen and oxygen atoms in total. The Hall–Kier alpha value is -3.09. The van der Waals surface area contributed by atoms with E-state index in [2.05, 4.69) is 0 Å². The van der Waals surface area contributed by atoms with Gasteiger partial charge in [-0.25, -0.2) is 0 Å². The summed E-state index contributed by atoms with van der Waals surface area (Å²) in [6.45, 7) is -0.608. The predicted molar refractivity (Wildman–Crippen MR) is 109 cm³/mol. The number of phenols is 1. The molecule has 0 spiro atoms. The number of rotatable bonds is 5. The molecule has 32 heavy (non-hydrogen) atoms. The molecule has 0 aliphatic carbocycles. The molecule has 11 heteroatoms. The largest absolute Gasteiger partial charge is 0.504 e. The third-order valence-corrected chi connectivity index (χ3v) is 5.34. The molecule has 2 aromatic carbocycles. The number of aliphatic hydroxyl groups is 4. The maximum atomic E-state index is 13.2. The van der Waals surface area contributed by atoms with Crippen LogP contribution in [0.2, 0.25) is 0 Å². The van der Waals surface area contributed by atoms with Gasteiger partial charge in [0, 0.05) is 6.07 Å². The van der Waals surface area contributed by atoms with E-state index in [1.54, 1.807) is 0 Å². The summed E-state index contributed by atoms with van der Waals surface area (Å²) in [5, 5.41) is 49.5. The summed E-state index contributed by atoms with van der Waals surface area (Å²) in [6, 6.07) is 5.50. The highest BCUT2D eigenvalue weighted by atomic mass is 16.7. The molecule has 1 saturated heterocycles. The van der Waals surface area contributed by atoms with Crippen molar-refractivity contribution in [1.82, 2.24) is 0 Å². The van der Waals surface area contributed by atoms with Gasteiger partial charge in [0.1, 0.15) is 41.1 Å². The van der Waals surface area contributed by atoms with E-state index in [-0.39, 0.29) is 44.9 Å².